The fourth-order valence-corrected chi connectivity index (χ4v) is 3.64. The Labute approximate surface area is 148 Å². The second kappa shape index (κ2) is 6.56. The van der Waals surface area contributed by atoms with Crippen molar-refractivity contribution in [3.63, 3.8) is 0 Å². The molecule has 0 saturated carbocycles. The number of pyridine rings is 1. The predicted octanol–water partition coefficient (Wildman–Crippen LogP) is 1.85. The van der Waals surface area contributed by atoms with Crippen LogP contribution in [0.2, 0.25) is 0 Å². The van der Waals surface area contributed by atoms with E-state index in [9.17, 15) is 18.3 Å². The number of hydrogen-bond donors (Lipinski definition) is 2. The third kappa shape index (κ3) is 3.02. The summed E-state index contributed by atoms with van der Waals surface area (Å²) in [5, 5.41) is 9.25. The van der Waals surface area contributed by atoms with Crippen molar-refractivity contribution in [1.29, 1.82) is 0 Å². The molecular formula is C16H15N3O6S. The number of hydrogen-bond acceptors (Lipinski definition) is 6. The lowest BCUT2D eigenvalue weighted by molar-refractivity contribution is 0.0692. The fourth-order valence-electron chi connectivity index (χ4n) is 2.50. The zero-order chi connectivity index (χ0) is 18.9. The molecule has 0 aliphatic carbocycles. The van der Waals surface area contributed by atoms with Crippen LogP contribution in [0.15, 0.2) is 47.8 Å². The topological polar surface area (TPSA) is 119 Å². The number of benzene rings is 1. The van der Waals surface area contributed by atoms with Gasteiger partial charge in [0.1, 0.15) is 11.2 Å². The van der Waals surface area contributed by atoms with E-state index >= 15 is 0 Å². The van der Waals surface area contributed by atoms with Gasteiger partial charge in [0.25, 0.3) is 10.0 Å². The Morgan fingerprint density at radius 3 is 2.65 bits per heavy atom. The lowest BCUT2D eigenvalue weighted by Crippen LogP contribution is -2.16. The molecule has 136 valence electrons. The Bertz CT molecular complexity index is 1090. The number of methoxy groups -OCH3 is 2. The highest BCUT2D eigenvalue weighted by atomic mass is 32.2. The summed E-state index contributed by atoms with van der Waals surface area (Å²) in [5.74, 6) is -1.20. The average Bonchev–Trinajstić information content (AvgIpc) is 3.05. The van der Waals surface area contributed by atoms with Crippen LogP contribution in [0.1, 0.15) is 10.4 Å². The Morgan fingerprint density at radius 2 is 2.00 bits per heavy atom. The summed E-state index contributed by atoms with van der Waals surface area (Å²) in [7, 11) is -1.40. The molecule has 2 heterocycles. The maximum absolute atomic E-state index is 12.7. The van der Waals surface area contributed by atoms with Gasteiger partial charge < -0.3 is 14.6 Å². The third-order valence-corrected chi connectivity index (χ3v) is 4.98. The number of sulfonamides is 1. The summed E-state index contributed by atoms with van der Waals surface area (Å²) in [5.41, 5.74) is 0.250. The average molecular weight is 377 g/mol. The van der Waals surface area contributed by atoms with E-state index < -0.39 is 16.0 Å². The number of aromatic nitrogens is 2. The number of rotatable bonds is 6. The van der Waals surface area contributed by atoms with Crippen molar-refractivity contribution in [2.24, 2.45) is 0 Å². The van der Waals surface area contributed by atoms with Crippen LogP contribution in [0.25, 0.3) is 5.65 Å². The van der Waals surface area contributed by atoms with Crippen LogP contribution >= 0.6 is 0 Å². The normalized spacial score (nSPS) is 11.3. The van der Waals surface area contributed by atoms with E-state index in [0.29, 0.717) is 5.65 Å². The van der Waals surface area contributed by atoms with Crippen molar-refractivity contribution in [3.8, 4) is 11.5 Å². The van der Waals surface area contributed by atoms with Gasteiger partial charge in [0, 0.05) is 12.3 Å². The minimum Gasteiger partial charge on any atom is -0.493 e. The van der Waals surface area contributed by atoms with Gasteiger partial charge in [-0.3, -0.25) is 9.12 Å². The van der Waals surface area contributed by atoms with E-state index in [2.05, 4.69) is 9.71 Å². The van der Waals surface area contributed by atoms with E-state index in [4.69, 9.17) is 9.47 Å². The smallest absolute Gasteiger partial charge is 0.339 e. The molecule has 9 nitrogen and oxygen atoms in total. The Morgan fingerprint density at radius 1 is 1.23 bits per heavy atom. The standard InChI is InChI=1S/C16H15N3O6S/c1-24-12-8-10(7-11(16(20)21)15(12)25-2)18-26(22,23)14-9-17-13-5-3-4-6-19(13)14/h3-9,18H,1-2H3,(H,20,21). The summed E-state index contributed by atoms with van der Waals surface area (Å²) >= 11 is 0. The molecule has 0 unspecified atom stereocenters. The number of anilines is 1. The van der Waals surface area contributed by atoms with Crippen molar-refractivity contribution in [2.75, 3.05) is 18.9 Å². The fraction of sp³-hybridized carbons (Fsp3) is 0.125. The largest absolute Gasteiger partial charge is 0.493 e. The summed E-state index contributed by atoms with van der Waals surface area (Å²) in [6.07, 6.45) is 2.78. The highest BCUT2D eigenvalue weighted by Gasteiger charge is 2.23. The first-order valence-electron chi connectivity index (χ1n) is 7.31. The summed E-state index contributed by atoms with van der Waals surface area (Å²) < 4.78 is 39.3. The Hall–Kier alpha value is -3.27. The van der Waals surface area contributed by atoms with Crippen LogP contribution < -0.4 is 14.2 Å². The number of aromatic carboxylic acids is 1. The minimum absolute atomic E-state index is 0.00208. The van der Waals surface area contributed by atoms with Gasteiger partial charge in [-0.15, -0.1) is 0 Å². The maximum Gasteiger partial charge on any atom is 0.339 e. The lowest BCUT2D eigenvalue weighted by atomic mass is 10.1. The first kappa shape index (κ1) is 17.5. The summed E-state index contributed by atoms with van der Waals surface area (Å²) in [4.78, 5) is 15.5. The van der Waals surface area contributed by atoms with Gasteiger partial charge >= 0.3 is 5.97 Å². The number of carboxylic acids is 1. The van der Waals surface area contributed by atoms with E-state index in [-0.39, 0.29) is 27.8 Å². The van der Waals surface area contributed by atoms with Gasteiger partial charge in [0.2, 0.25) is 0 Å². The molecule has 0 bridgehead atoms. The first-order chi connectivity index (χ1) is 12.4. The number of imidazole rings is 1. The molecule has 0 aliphatic heterocycles. The molecule has 2 N–H and O–H groups in total. The van der Waals surface area contributed by atoms with Crippen LogP contribution in [0.3, 0.4) is 0 Å². The molecule has 10 heteroatoms. The monoisotopic (exact) mass is 377 g/mol. The maximum atomic E-state index is 12.7. The molecule has 3 rings (SSSR count). The second-order valence-electron chi connectivity index (χ2n) is 5.20. The predicted molar refractivity (Wildman–Crippen MR) is 92.5 cm³/mol. The van der Waals surface area contributed by atoms with Gasteiger partial charge in [-0.2, -0.15) is 8.42 Å². The SMILES string of the molecule is COc1cc(NS(=O)(=O)c2cnc3ccccn23)cc(C(=O)O)c1OC. The first-order valence-corrected chi connectivity index (χ1v) is 8.80. The lowest BCUT2D eigenvalue weighted by Gasteiger charge is -2.14. The van der Waals surface area contributed by atoms with Crippen molar-refractivity contribution < 1.29 is 27.8 Å². The second-order valence-corrected chi connectivity index (χ2v) is 6.82. The van der Waals surface area contributed by atoms with Crippen LogP contribution in [0.5, 0.6) is 11.5 Å². The molecule has 0 aliphatic rings. The number of carbonyl (C=O) groups is 1. The number of nitrogens with one attached hydrogen (secondary N) is 1. The van der Waals surface area contributed by atoms with Gasteiger partial charge in [-0.05, 0) is 18.2 Å². The van der Waals surface area contributed by atoms with Crippen LogP contribution in [-0.4, -0.2) is 43.1 Å². The van der Waals surface area contributed by atoms with Crippen LogP contribution in [0.4, 0.5) is 5.69 Å². The van der Waals surface area contributed by atoms with E-state index in [1.807, 2.05) is 0 Å². The summed E-state index contributed by atoms with van der Waals surface area (Å²) in [6.45, 7) is 0. The molecule has 0 amide bonds. The molecule has 0 fully saturated rings. The van der Waals surface area contributed by atoms with Crippen molar-refractivity contribution in [2.45, 2.75) is 5.03 Å². The highest BCUT2D eigenvalue weighted by Crippen LogP contribution is 2.35. The van der Waals surface area contributed by atoms with Gasteiger partial charge in [0.15, 0.2) is 16.5 Å². The Kier molecular flexibility index (Phi) is 4.43. The van der Waals surface area contributed by atoms with Gasteiger partial charge in [0.05, 0.1) is 26.1 Å². The number of ether oxygens (including phenoxy) is 2. The third-order valence-electron chi connectivity index (χ3n) is 3.62. The zero-order valence-electron chi connectivity index (χ0n) is 13.8. The molecule has 1 aromatic carbocycles. The molecule has 0 atom stereocenters. The number of fused-ring (bicyclic) bond motifs is 1. The number of nitrogens with zero attached hydrogens (tertiary/aromatic N) is 2. The molecule has 0 spiro atoms. The highest BCUT2D eigenvalue weighted by molar-refractivity contribution is 7.92. The quantitative estimate of drug-likeness (QED) is 0.673. The molecule has 0 radical (unpaired) electrons. The molecular weight excluding hydrogens is 362 g/mol. The van der Waals surface area contributed by atoms with Gasteiger partial charge in [-0.25, -0.2) is 9.78 Å². The molecule has 0 saturated heterocycles. The minimum atomic E-state index is -4.02. The molecule has 3 aromatic rings. The summed E-state index contributed by atoms with van der Waals surface area (Å²) in [6, 6.07) is 7.57. The van der Waals surface area contributed by atoms with Crippen LogP contribution in [-0.2, 0) is 10.0 Å². The number of carboxylic acid groups (broad SMARTS) is 1. The molecule has 26 heavy (non-hydrogen) atoms. The van der Waals surface area contributed by atoms with E-state index in [0.717, 1.165) is 6.07 Å². The van der Waals surface area contributed by atoms with Crippen LogP contribution in [0, 0.1) is 0 Å². The van der Waals surface area contributed by atoms with Crippen molar-refractivity contribution in [1.82, 2.24) is 9.38 Å². The van der Waals surface area contributed by atoms with E-state index in [1.54, 1.807) is 24.4 Å². The van der Waals surface area contributed by atoms with E-state index in [1.165, 1.54) is 30.9 Å². The van der Waals surface area contributed by atoms with Crippen molar-refractivity contribution in [3.05, 3.63) is 48.3 Å². The van der Waals surface area contributed by atoms with Crippen molar-refractivity contribution >= 4 is 27.3 Å². The zero-order valence-corrected chi connectivity index (χ0v) is 14.6. The molecule has 2 aromatic heterocycles. The Balaban J connectivity index is 2.07. The van der Waals surface area contributed by atoms with Gasteiger partial charge in [-0.1, -0.05) is 6.07 Å².